The first-order valence-corrected chi connectivity index (χ1v) is 9.38. The topological polar surface area (TPSA) is 44.8 Å². The largest absolute Gasteiger partial charge is 0.373 e. The van der Waals surface area contributed by atoms with Crippen molar-refractivity contribution in [2.24, 2.45) is 0 Å². The van der Waals surface area contributed by atoms with Gasteiger partial charge in [-0.2, -0.15) is 0 Å². The van der Waals surface area contributed by atoms with Gasteiger partial charge in [0.2, 0.25) is 0 Å². The van der Waals surface area contributed by atoms with E-state index in [1.807, 2.05) is 4.90 Å². The van der Waals surface area contributed by atoms with Gasteiger partial charge in [-0.15, -0.1) is 11.3 Å². The van der Waals surface area contributed by atoms with Crippen LogP contribution in [-0.2, 0) is 17.7 Å². The normalized spacial score (nSPS) is 26.7. The molecule has 0 spiro atoms. The molecule has 3 heterocycles. The molecule has 1 N–H and O–H groups in total. The predicted molar refractivity (Wildman–Crippen MR) is 92.9 cm³/mol. The van der Waals surface area contributed by atoms with Gasteiger partial charge < -0.3 is 15.0 Å². The highest BCUT2D eigenvalue weighted by Gasteiger charge is 2.27. The number of nitrogens with one attached hydrogen (secondary N) is 1. The molecule has 23 heavy (non-hydrogen) atoms. The molecule has 6 heteroatoms. The summed E-state index contributed by atoms with van der Waals surface area (Å²) in [6.07, 6.45) is 1.50. The van der Waals surface area contributed by atoms with Gasteiger partial charge in [-0.1, -0.05) is 0 Å². The molecule has 0 unspecified atom stereocenters. The molecule has 2 aliphatic heterocycles. The second-order valence-electron chi connectivity index (χ2n) is 6.79. The Kier molecular flexibility index (Phi) is 5.24. The Balaban J connectivity index is 1.47. The third-order valence-corrected chi connectivity index (χ3v) is 5.74. The van der Waals surface area contributed by atoms with Crippen LogP contribution in [0.3, 0.4) is 0 Å². The molecule has 0 bridgehead atoms. The molecular formula is C17H27N3O2S. The smallest absolute Gasteiger partial charge is 0.317 e. The Bertz CT molecular complexity index is 538. The van der Waals surface area contributed by atoms with Crippen LogP contribution < -0.4 is 5.32 Å². The monoisotopic (exact) mass is 337 g/mol. The maximum Gasteiger partial charge on any atom is 0.317 e. The molecule has 1 aromatic heterocycles. The number of morpholine rings is 1. The van der Waals surface area contributed by atoms with Gasteiger partial charge in [-0.05, 0) is 44.2 Å². The first-order valence-electron chi connectivity index (χ1n) is 8.50. The summed E-state index contributed by atoms with van der Waals surface area (Å²) in [7, 11) is 0. The number of urea groups is 1. The average molecular weight is 337 g/mol. The Labute approximate surface area is 142 Å². The predicted octanol–water partition coefficient (Wildman–Crippen LogP) is 2.31. The van der Waals surface area contributed by atoms with Crippen molar-refractivity contribution >= 4 is 17.4 Å². The molecule has 3 rings (SSSR count). The summed E-state index contributed by atoms with van der Waals surface area (Å²) in [4.78, 5) is 18.2. The van der Waals surface area contributed by atoms with Gasteiger partial charge >= 0.3 is 6.03 Å². The van der Waals surface area contributed by atoms with Crippen LogP contribution in [0.25, 0.3) is 0 Å². The molecule has 1 saturated heterocycles. The number of carbonyl (C=O) groups is 1. The van der Waals surface area contributed by atoms with Gasteiger partial charge in [0.1, 0.15) is 0 Å². The molecule has 0 radical (unpaired) electrons. The van der Waals surface area contributed by atoms with Crippen molar-refractivity contribution < 1.29 is 9.53 Å². The lowest BCUT2D eigenvalue weighted by molar-refractivity contribution is -0.0778. The number of rotatable bonds is 3. The lowest BCUT2D eigenvalue weighted by Crippen LogP contribution is -2.53. The van der Waals surface area contributed by atoms with E-state index in [1.54, 1.807) is 11.3 Å². The van der Waals surface area contributed by atoms with Crippen molar-refractivity contribution in [2.75, 3.05) is 26.2 Å². The fourth-order valence-corrected chi connectivity index (χ4v) is 4.36. The average Bonchev–Trinajstić information content (AvgIpc) is 2.98. The zero-order chi connectivity index (χ0) is 16.4. The third kappa shape index (κ3) is 4.05. The number of nitrogens with zero attached hydrogens (tertiary/aromatic N) is 2. The van der Waals surface area contributed by atoms with E-state index in [2.05, 4.69) is 42.4 Å². The zero-order valence-corrected chi connectivity index (χ0v) is 15.1. The molecule has 2 amide bonds. The van der Waals surface area contributed by atoms with Crippen molar-refractivity contribution in [1.82, 2.24) is 15.1 Å². The van der Waals surface area contributed by atoms with Crippen molar-refractivity contribution in [3.05, 3.63) is 21.9 Å². The quantitative estimate of drug-likeness (QED) is 0.921. The second-order valence-corrected chi connectivity index (χ2v) is 7.79. The number of thiophene rings is 1. The minimum atomic E-state index is 0.0584. The van der Waals surface area contributed by atoms with Gasteiger partial charge in [0, 0.05) is 43.6 Å². The maximum absolute atomic E-state index is 12.4. The van der Waals surface area contributed by atoms with Crippen LogP contribution in [0.2, 0.25) is 0 Å². The highest BCUT2D eigenvalue weighted by molar-refractivity contribution is 7.10. The Hall–Kier alpha value is -1.11. The van der Waals surface area contributed by atoms with E-state index in [0.29, 0.717) is 12.6 Å². The lowest BCUT2D eigenvalue weighted by atomic mass is 10.1. The van der Waals surface area contributed by atoms with Gasteiger partial charge in [0.25, 0.3) is 0 Å². The molecule has 0 aliphatic carbocycles. The third-order valence-electron chi connectivity index (χ3n) is 4.71. The van der Waals surface area contributed by atoms with E-state index in [1.165, 1.54) is 10.4 Å². The van der Waals surface area contributed by atoms with Gasteiger partial charge in [-0.25, -0.2) is 4.79 Å². The molecule has 1 fully saturated rings. The first kappa shape index (κ1) is 16.7. The first-order chi connectivity index (χ1) is 11.0. The summed E-state index contributed by atoms with van der Waals surface area (Å²) in [5, 5.41) is 5.23. The summed E-state index contributed by atoms with van der Waals surface area (Å²) in [6.45, 7) is 10.5. The fraction of sp³-hybridized carbons (Fsp3) is 0.706. The summed E-state index contributed by atoms with van der Waals surface area (Å²) < 4.78 is 5.78. The highest BCUT2D eigenvalue weighted by atomic mass is 32.1. The van der Waals surface area contributed by atoms with Crippen molar-refractivity contribution in [1.29, 1.82) is 0 Å². The van der Waals surface area contributed by atoms with E-state index in [9.17, 15) is 4.79 Å². The molecule has 128 valence electrons. The minimum Gasteiger partial charge on any atom is -0.373 e. The number of hydrogen-bond acceptors (Lipinski definition) is 4. The van der Waals surface area contributed by atoms with E-state index in [4.69, 9.17) is 4.74 Å². The van der Waals surface area contributed by atoms with Crippen LogP contribution in [0.1, 0.15) is 31.2 Å². The van der Waals surface area contributed by atoms with E-state index < -0.39 is 0 Å². The maximum atomic E-state index is 12.4. The van der Waals surface area contributed by atoms with Crippen LogP contribution in [0.5, 0.6) is 0 Å². The van der Waals surface area contributed by atoms with Crippen molar-refractivity contribution in [3.8, 4) is 0 Å². The van der Waals surface area contributed by atoms with Gasteiger partial charge in [0.05, 0.1) is 12.2 Å². The van der Waals surface area contributed by atoms with Gasteiger partial charge in [-0.3, -0.25) is 4.90 Å². The molecule has 0 aromatic carbocycles. The Morgan fingerprint density at radius 1 is 1.43 bits per heavy atom. The van der Waals surface area contributed by atoms with Gasteiger partial charge in [0.15, 0.2) is 0 Å². The summed E-state index contributed by atoms with van der Waals surface area (Å²) in [5.74, 6) is 0. The van der Waals surface area contributed by atoms with E-state index in [-0.39, 0.29) is 18.2 Å². The van der Waals surface area contributed by atoms with Crippen LogP contribution >= 0.6 is 11.3 Å². The number of hydrogen-bond donors (Lipinski definition) is 1. The zero-order valence-electron chi connectivity index (χ0n) is 14.2. The number of fused-ring (bicyclic) bond motifs is 1. The fourth-order valence-electron chi connectivity index (χ4n) is 3.48. The molecule has 5 nitrogen and oxygen atoms in total. The molecule has 3 atom stereocenters. The molecule has 1 aromatic rings. The van der Waals surface area contributed by atoms with Crippen LogP contribution in [-0.4, -0.2) is 60.3 Å². The summed E-state index contributed by atoms with van der Waals surface area (Å²) >= 11 is 1.80. The van der Waals surface area contributed by atoms with E-state index in [0.717, 1.165) is 32.6 Å². The van der Waals surface area contributed by atoms with Crippen LogP contribution in [0, 0.1) is 0 Å². The van der Waals surface area contributed by atoms with E-state index >= 15 is 0 Å². The Morgan fingerprint density at radius 3 is 2.91 bits per heavy atom. The Morgan fingerprint density at radius 2 is 2.17 bits per heavy atom. The van der Waals surface area contributed by atoms with Crippen LogP contribution in [0.4, 0.5) is 4.79 Å². The lowest BCUT2D eigenvalue weighted by Gasteiger charge is -2.39. The molecule has 0 saturated carbocycles. The SMILES string of the molecule is C[C@@H]1CN([C@@H](C)CNC(=O)N2CCc3sccc3C2)C[C@H](C)O1. The second kappa shape index (κ2) is 7.20. The van der Waals surface area contributed by atoms with Crippen molar-refractivity contribution in [2.45, 2.75) is 52.0 Å². The highest BCUT2D eigenvalue weighted by Crippen LogP contribution is 2.23. The number of carbonyl (C=O) groups excluding carboxylic acids is 1. The minimum absolute atomic E-state index is 0.0584. The molecule has 2 aliphatic rings. The molecular weight excluding hydrogens is 310 g/mol. The van der Waals surface area contributed by atoms with Crippen LogP contribution in [0.15, 0.2) is 11.4 Å². The van der Waals surface area contributed by atoms with Crippen molar-refractivity contribution in [3.63, 3.8) is 0 Å². The number of amides is 2. The summed E-state index contributed by atoms with van der Waals surface area (Å²) in [6, 6.07) is 2.52. The number of ether oxygens (including phenoxy) is 1. The standard InChI is InChI=1S/C17H27N3O2S/c1-12(20-9-13(2)22-14(3)10-20)8-18-17(21)19-6-4-16-15(11-19)5-7-23-16/h5,7,12-14H,4,6,8-11H2,1-3H3,(H,18,21)/t12-,13-,14+/m0/s1. The summed E-state index contributed by atoms with van der Waals surface area (Å²) in [5.41, 5.74) is 1.31.